The normalized spacial score (nSPS) is 10.9. The summed E-state index contributed by atoms with van der Waals surface area (Å²) in [5.74, 6) is 0. The largest absolute Gasteiger partial charge is 0.269 e. The molecule has 0 saturated heterocycles. The number of aromatic nitrogens is 1. The number of hydrogen-bond acceptors (Lipinski definition) is 3. The highest BCUT2D eigenvalue weighted by Crippen LogP contribution is 2.27. The molecule has 0 amide bonds. The Hall–Kier alpha value is -1.59. The van der Waals surface area contributed by atoms with Crippen LogP contribution in [-0.4, -0.2) is 20.4 Å². The summed E-state index contributed by atoms with van der Waals surface area (Å²) in [6.45, 7) is 5.61. The molecule has 0 saturated carbocycles. The van der Waals surface area contributed by atoms with Gasteiger partial charge in [-0.15, -0.1) is 12.4 Å². The van der Waals surface area contributed by atoms with Crippen LogP contribution in [0, 0.1) is 20.8 Å². The summed E-state index contributed by atoms with van der Waals surface area (Å²) in [6, 6.07) is 7.13. The van der Waals surface area contributed by atoms with Crippen LogP contribution in [0.15, 0.2) is 41.6 Å². The minimum absolute atomic E-state index is 0. The van der Waals surface area contributed by atoms with Crippen molar-refractivity contribution in [1.29, 1.82) is 0 Å². The second-order valence-electron chi connectivity index (χ2n) is 4.91. The Balaban J connectivity index is 0.00000220. The van der Waals surface area contributed by atoms with Gasteiger partial charge in [0.15, 0.2) is 0 Å². The molecule has 1 aromatic carbocycles. The Morgan fingerprint density at radius 1 is 1.00 bits per heavy atom. The molecule has 0 atom stereocenters. The Morgan fingerprint density at radius 3 is 1.95 bits per heavy atom. The van der Waals surface area contributed by atoms with E-state index in [1.54, 1.807) is 31.6 Å². The Labute approximate surface area is 132 Å². The molecule has 0 aliphatic carbocycles. The maximum absolute atomic E-state index is 12.8. The van der Waals surface area contributed by atoms with Gasteiger partial charge in [-0.2, -0.15) is 0 Å². The van der Waals surface area contributed by atoms with E-state index in [2.05, 4.69) is 4.98 Å². The van der Waals surface area contributed by atoms with E-state index in [1.807, 2.05) is 32.9 Å². The molecule has 0 aliphatic heterocycles. The number of sulfonamides is 1. The smallest absolute Gasteiger partial charge is 0.264 e. The molecular formula is C15H19ClN2O2S. The molecule has 114 valence electrons. The minimum atomic E-state index is -3.56. The molecule has 0 unspecified atom stereocenters. The summed E-state index contributed by atoms with van der Waals surface area (Å²) in [6.07, 6.45) is 3.16. The standard InChI is InChI=1S/C15H18N2O2S.ClH/c1-11-9-12(2)15(13(3)10-11)20(18,19)17(4)14-5-7-16-8-6-14;/h5-10H,1-4H3;1H. The zero-order chi connectivity index (χ0) is 14.9. The molecule has 0 fully saturated rings. The van der Waals surface area contributed by atoms with E-state index in [1.165, 1.54) is 4.31 Å². The highest BCUT2D eigenvalue weighted by Gasteiger charge is 2.25. The van der Waals surface area contributed by atoms with Crippen LogP contribution in [0.25, 0.3) is 0 Å². The second-order valence-corrected chi connectivity index (χ2v) is 6.81. The topological polar surface area (TPSA) is 50.3 Å². The molecule has 6 heteroatoms. The van der Waals surface area contributed by atoms with Crippen LogP contribution in [0.5, 0.6) is 0 Å². The Bertz CT molecular complexity index is 708. The first-order chi connectivity index (χ1) is 9.34. The van der Waals surface area contributed by atoms with Crippen molar-refractivity contribution in [1.82, 2.24) is 4.98 Å². The highest BCUT2D eigenvalue weighted by molar-refractivity contribution is 7.92. The SMILES string of the molecule is Cc1cc(C)c(S(=O)(=O)N(C)c2ccncc2)c(C)c1.Cl. The quantitative estimate of drug-likeness (QED) is 0.870. The van der Waals surface area contributed by atoms with E-state index in [0.717, 1.165) is 16.7 Å². The first kappa shape index (κ1) is 17.5. The van der Waals surface area contributed by atoms with Gasteiger partial charge in [0.1, 0.15) is 0 Å². The number of aryl methyl sites for hydroxylation is 3. The number of hydrogen-bond donors (Lipinski definition) is 0. The highest BCUT2D eigenvalue weighted by atomic mass is 35.5. The van der Waals surface area contributed by atoms with Gasteiger partial charge in [-0.05, 0) is 44.0 Å². The van der Waals surface area contributed by atoms with E-state index in [4.69, 9.17) is 0 Å². The molecule has 1 aromatic heterocycles. The van der Waals surface area contributed by atoms with Gasteiger partial charge in [0.2, 0.25) is 0 Å². The number of rotatable bonds is 3. The van der Waals surface area contributed by atoms with Crippen molar-refractivity contribution in [2.75, 3.05) is 11.4 Å². The first-order valence-corrected chi connectivity index (χ1v) is 7.75. The number of halogens is 1. The fourth-order valence-electron chi connectivity index (χ4n) is 2.40. The zero-order valence-corrected chi connectivity index (χ0v) is 14.1. The van der Waals surface area contributed by atoms with Crippen molar-refractivity contribution in [3.8, 4) is 0 Å². The van der Waals surface area contributed by atoms with Crippen LogP contribution in [-0.2, 0) is 10.0 Å². The summed E-state index contributed by atoms with van der Waals surface area (Å²) < 4.78 is 26.9. The summed E-state index contributed by atoms with van der Waals surface area (Å²) in [5, 5.41) is 0. The average molecular weight is 327 g/mol. The van der Waals surface area contributed by atoms with Crippen molar-refractivity contribution in [3.05, 3.63) is 53.3 Å². The Kier molecular flexibility index (Phi) is 5.36. The maximum atomic E-state index is 12.8. The Morgan fingerprint density at radius 2 is 1.48 bits per heavy atom. The molecule has 0 N–H and O–H groups in total. The molecule has 2 aromatic rings. The summed E-state index contributed by atoms with van der Waals surface area (Å²) >= 11 is 0. The molecule has 0 radical (unpaired) electrons. The van der Waals surface area contributed by atoms with Gasteiger partial charge in [-0.25, -0.2) is 8.42 Å². The lowest BCUT2D eigenvalue weighted by Crippen LogP contribution is -2.28. The lowest BCUT2D eigenvalue weighted by Gasteiger charge is -2.22. The fraction of sp³-hybridized carbons (Fsp3) is 0.267. The van der Waals surface area contributed by atoms with E-state index in [0.29, 0.717) is 10.6 Å². The van der Waals surface area contributed by atoms with Crippen LogP contribution in [0.2, 0.25) is 0 Å². The maximum Gasteiger partial charge on any atom is 0.264 e. The van der Waals surface area contributed by atoms with Gasteiger partial charge >= 0.3 is 0 Å². The third-order valence-electron chi connectivity index (χ3n) is 3.25. The number of pyridine rings is 1. The predicted octanol–water partition coefficient (Wildman–Crippen LogP) is 3.25. The predicted molar refractivity (Wildman–Crippen MR) is 87.7 cm³/mol. The van der Waals surface area contributed by atoms with Gasteiger partial charge in [-0.1, -0.05) is 17.7 Å². The van der Waals surface area contributed by atoms with E-state index in [-0.39, 0.29) is 12.4 Å². The van der Waals surface area contributed by atoms with Crippen LogP contribution >= 0.6 is 12.4 Å². The minimum Gasteiger partial charge on any atom is -0.269 e. The summed E-state index contributed by atoms with van der Waals surface area (Å²) in [4.78, 5) is 4.29. The third-order valence-corrected chi connectivity index (χ3v) is 5.34. The van der Waals surface area contributed by atoms with E-state index in [9.17, 15) is 8.42 Å². The van der Waals surface area contributed by atoms with Crippen LogP contribution in [0.4, 0.5) is 5.69 Å². The zero-order valence-electron chi connectivity index (χ0n) is 12.5. The van der Waals surface area contributed by atoms with Gasteiger partial charge in [0, 0.05) is 19.4 Å². The van der Waals surface area contributed by atoms with E-state index < -0.39 is 10.0 Å². The third kappa shape index (κ3) is 3.36. The van der Waals surface area contributed by atoms with Crippen LogP contribution in [0.1, 0.15) is 16.7 Å². The van der Waals surface area contributed by atoms with Crippen LogP contribution < -0.4 is 4.31 Å². The molecule has 0 bridgehead atoms. The van der Waals surface area contributed by atoms with Crippen molar-refractivity contribution in [3.63, 3.8) is 0 Å². The summed E-state index contributed by atoms with van der Waals surface area (Å²) in [5.41, 5.74) is 3.19. The molecule has 4 nitrogen and oxygen atoms in total. The van der Waals surface area contributed by atoms with Crippen molar-refractivity contribution >= 4 is 28.1 Å². The molecule has 2 rings (SSSR count). The first-order valence-electron chi connectivity index (χ1n) is 6.31. The lowest BCUT2D eigenvalue weighted by atomic mass is 10.1. The van der Waals surface area contributed by atoms with Gasteiger partial charge in [0.25, 0.3) is 10.0 Å². The van der Waals surface area contributed by atoms with Crippen molar-refractivity contribution in [2.45, 2.75) is 25.7 Å². The van der Waals surface area contributed by atoms with Gasteiger partial charge < -0.3 is 0 Å². The molecular weight excluding hydrogens is 308 g/mol. The van der Waals surface area contributed by atoms with E-state index >= 15 is 0 Å². The monoisotopic (exact) mass is 326 g/mol. The van der Waals surface area contributed by atoms with Gasteiger partial charge in [0.05, 0.1) is 10.6 Å². The number of benzene rings is 1. The second kappa shape index (κ2) is 6.45. The molecule has 0 spiro atoms. The van der Waals surface area contributed by atoms with Crippen molar-refractivity contribution in [2.24, 2.45) is 0 Å². The number of anilines is 1. The summed E-state index contributed by atoms with van der Waals surface area (Å²) in [7, 11) is -2.01. The average Bonchev–Trinajstić information content (AvgIpc) is 2.37. The lowest BCUT2D eigenvalue weighted by molar-refractivity contribution is 0.593. The van der Waals surface area contributed by atoms with Gasteiger partial charge in [-0.3, -0.25) is 9.29 Å². The molecule has 0 aliphatic rings. The molecule has 1 heterocycles. The number of nitrogens with zero attached hydrogens (tertiary/aromatic N) is 2. The van der Waals surface area contributed by atoms with Crippen LogP contribution in [0.3, 0.4) is 0 Å². The van der Waals surface area contributed by atoms with Crippen molar-refractivity contribution < 1.29 is 8.42 Å². The fourth-order valence-corrected chi connectivity index (χ4v) is 4.01. The molecule has 21 heavy (non-hydrogen) atoms.